The van der Waals surface area contributed by atoms with Crippen LogP contribution in [-0.4, -0.2) is 60.4 Å². The Hall–Kier alpha value is -3.43. The summed E-state index contributed by atoms with van der Waals surface area (Å²) >= 11 is 0. The maximum absolute atomic E-state index is 12.8. The van der Waals surface area contributed by atoms with Crippen LogP contribution in [0.1, 0.15) is 86.3 Å². The molecular weight excluding hydrogens is 488 g/mol. The van der Waals surface area contributed by atoms with Gasteiger partial charge in [0, 0.05) is 31.8 Å². The van der Waals surface area contributed by atoms with E-state index >= 15 is 0 Å². The van der Waals surface area contributed by atoms with Crippen LogP contribution in [0.25, 0.3) is 5.82 Å². The third-order valence-electron chi connectivity index (χ3n) is 5.70. The van der Waals surface area contributed by atoms with Gasteiger partial charge in [0.1, 0.15) is 23.3 Å². The Labute approximate surface area is 225 Å². The summed E-state index contributed by atoms with van der Waals surface area (Å²) in [6.07, 6.45) is 7.08. The molecule has 2 amide bonds. The molecule has 1 aliphatic rings. The van der Waals surface area contributed by atoms with Crippen LogP contribution < -0.4 is 0 Å². The Morgan fingerprint density at radius 2 is 1.66 bits per heavy atom. The van der Waals surface area contributed by atoms with Crippen LogP contribution >= 0.6 is 0 Å². The first-order valence-corrected chi connectivity index (χ1v) is 13.0. The lowest BCUT2D eigenvalue weighted by molar-refractivity contribution is -0.134. The second-order valence-electron chi connectivity index (χ2n) is 11.6. The van der Waals surface area contributed by atoms with Gasteiger partial charge in [-0.15, -0.1) is 0 Å². The van der Waals surface area contributed by atoms with Gasteiger partial charge in [0.2, 0.25) is 0 Å². The van der Waals surface area contributed by atoms with E-state index in [1.807, 2.05) is 29.0 Å². The van der Waals surface area contributed by atoms with Crippen molar-refractivity contribution in [2.24, 2.45) is 11.8 Å². The molecule has 0 bridgehead atoms. The van der Waals surface area contributed by atoms with Gasteiger partial charge in [-0.3, -0.25) is 9.36 Å². The van der Waals surface area contributed by atoms with Gasteiger partial charge >= 0.3 is 12.2 Å². The normalized spacial score (nSPS) is 17.5. The van der Waals surface area contributed by atoms with Crippen molar-refractivity contribution in [2.45, 2.75) is 91.8 Å². The maximum atomic E-state index is 12.8. The number of nitrogens with zero attached hydrogens (tertiary/aromatic N) is 4. The lowest BCUT2D eigenvalue weighted by Crippen LogP contribution is -2.45. The highest BCUT2D eigenvalue weighted by molar-refractivity contribution is 5.88. The van der Waals surface area contributed by atoms with Crippen molar-refractivity contribution in [2.75, 3.05) is 6.54 Å². The third kappa shape index (κ3) is 10.5. The fourth-order valence-corrected chi connectivity index (χ4v) is 3.95. The smallest absolute Gasteiger partial charge is 0.419 e. The molecule has 210 valence electrons. The van der Waals surface area contributed by atoms with Crippen molar-refractivity contribution < 1.29 is 29.0 Å². The number of amides is 2. The number of imidazole rings is 1. The summed E-state index contributed by atoms with van der Waals surface area (Å²) in [5.74, 6) is 1.01. The van der Waals surface area contributed by atoms with Crippen LogP contribution in [0.2, 0.25) is 0 Å². The topological polar surface area (TPSA) is 124 Å². The van der Waals surface area contributed by atoms with E-state index in [9.17, 15) is 9.59 Å². The minimum atomic E-state index is -0.833. The Morgan fingerprint density at radius 1 is 1.08 bits per heavy atom. The number of imide groups is 1. The van der Waals surface area contributed by atoms with Gasteiger partial charge in [-0.25, -0.2) is 24.5 Å². The third-order valence-corrected chi connectivity index (χ3v) is 5.70. The number of hydrogen-bond acceptors (Lipinski definition) is 7. The van der Waals surface area contributed by atoms with Gasteiger partial charge in [0.15, 0.2) is 0 Å². The van der Waals surface area contributed by atoms with Gasteiger partial charge < -0.3 is 14.6 Å². The van der Waals surface area contributed by atoms with Crippen molar-refractivity contribution in [3.05, 3.63) is 42.6 Å². The molecule has 0 aromatic carbocycles. The van der Waals surface area contributed by atoms with Crippen molar-refractivity contribution in [1.29, 1.82) is 0 Å². The van der Waals surface area contributed by atoms with Crippen molar-refractivity contribution in [3.8, 4) is 5.82 Å². The van der Waals surface area contributed by atoms with Gasteiger partial charge in [-0.2, -0.15) is 0 Å². The van der Waals surface area contributed by atoms with Gasteiger partial charge in [-0.1, -0.05) is 19.4 Å². The van der Waals surface area contributed by atoms with Gasteiger partial charge in [0.25, 0.3) is 5.97 Å². The Morgan fingerprint density at radius 3 is 2.13 bits per heavy atom. The van der Waals surface area contributed by atoms with E-state index in [0.717, 1.165) is 42.6 Å². The highest BCUT2D eigenvalue weighted by atomic mass is 16.6. The van der Waals surface area contributed by atoms with Crippen LogP contribution in [-0.2, 0) is 14.3 Å². The van der Waals surface area contributed by atoms with Gasteiger partial charge in [-0.05, 0) is 78.4 Å². The second-order valence-corrected chi connectivity index (χ2v) is 11.6. The van der Waals surface area contributed by atoms with Crippen molar-refractivity contribution in [3.63, 3.8) is 0 Å². The van der Waals surface area contributed by atoms with Crippen LogP contribution in [0.4, 0.5) is 9.59 Å². The zero-order chi connectivity index (χ0) is 28.7. The zero-order valence-corrected chi connectivity index (χ0v) is 23.8. The molecule has 2 aromatic rings. The minimum absolute atomic E-state index is 0.146. The molecule has 0 radical (unpaired) electrons. The van der Waals surface area contributed by atoms with E-state index in [4.69, 9.17) is 19.4 Å². The minimum Gasteiger partial charge on any atom is -0.481 e. The first-order chi connectivity index (χ1) is 17.6. The molecule has 2 aromatic heterocycles. The number of hydrogen-bond donors (Lipinski definition) is 1. The van der Waals surface area contributed by atoms with Gasteiger partial charge in [0.05, 0.1) is 5.69 Å². The molecule has 38 heavy (non-hydrogen) atoms. The molecule has 10 heteroatoms. The van der Waals surface area contributed by atoms with Crippen LogP contribution in [0.5, 0.6) is 0 Å². The lowest BCUT2D eigenvalue weighted by atomic mass is 9.97. The first kappa shape index (κ1) is 30.8. The first-order valence-electron chi connectivity index (χ1n) is 13.0. The lowest BCUT2D eigenvalue weighted by Gasteiger charge is -2.30. The summed E-state index contributed by atoms with van der Waals surface area (Å²) in [7, 11) is 0. The van der Waals surface area contributed by atoms with Crippen LogP contribution in [0.15, 0.2) is 36.9 Å². The van der Waals surface area contributed by atoms with Crippen molar-refractivity contribution >= 4 is 18.2 Å². The van der Waals surface area contributed by atoms with E-state index in [1.54, 1.807) is 54.1 Å². The number of ether oxygens (including phenoxy) is 2. The number of rotatable bonds is 7. The highest BCUT2D eigenvalue weighted by Crippen LogP contribution is 2.50. The number of pyridine rings is 1. The molecule has 1 aliphatic carbocycles. The molecule has 0 spiro atoms. The number of carboxylic acid groups (broad SMARTS) is 1. The monoisotopic (exact) mass is 530 g/mol. The average molecular weight is 531 g/mol. The number of carbonyl (C=O) groups is 3. The molecule has 0 saturated heterocycles. The largest absolute Gasteiger partial charge is 0.481 e. The van der Waals surface area contributed by atoms with E-state index in [0.29, 0.717) is 11.8 Å². The maximum Gasteiger partial charge on any atom is 0.419 e. The predicted molar refractivity (Wildman–Crippen MR) is 143 cm³/mol. The Kier molecular flexibility index (Phi) is 10.4. The summed E-state index contributed by atoms with van der Waals surface area (Å²) in [6, 6.07) is 5.79. The quantitative estimate of drug-likeness (QED) is 0.459. The molecule has 3 rings (SSSR count). The number of carbonyl (C=O) groups excluding carboxylic acids is 2. The molecule has 0 unspecified atom stereocenters. The fourth-order valence-electron chi connectivity index (χ4n) is 3.95. The molecule has 10 nitrogen and oxygen atoms in total. The molecule has 3 atom stereocenters. The highest BCUT2D eigenvalue weighted by Gasteiger charge is 2.42. The fraction of sp³-hybridized carbons (Fsp3) is 0.607. The second kappa shape index (κ2) is 12.9. The van der Waals surface area contributed by atoms with E-state index < -0.39 is 29.4 Å². The molecule has 1 N–H and O–H groups in total. The molecule has 1 fully saturated rings. The summed E-state index contributed by atoms with van der Waals surface area (Å²) < 4.78 is 12.9. The summed E-state index contributed by atoms with van der Waals surface area (Å²) in [5.41, 5.74) is -0.346. The van der Waals surface area contributed by atoms with E-state index in [2.05, 4.69) is 16.9 Å². The average Bonchev–Trinajstić information content (AvgIpc) is 3.36. The summed E-state index contributed by atoms with van der Waals surface area (Å²) in [4.78, 5) is 44.8. The van der Waals surface area contributed by atoms with E-state index in [1.165, 1.54) is 0 Å². The molecule has 2 heterocycles. The Balaban J connectivity index is 0.00000118. The van der Waals surface area contributed by atoms with Crippen LogP contribution in [0.3, 0.4) is 0 Å². The molecule has 0 aliphatic heterocycles. The van der Waals surface area contributed by atoms with Crippen LogP contribution in [0, 0.1) is 11.8 Å². The Bertz CT molecular complexity index is 1040. The SMILES string of the molecule is CC(=O)O.CC[C@H](C[C@H]1C[C@H]1c1cn(-c2ccccn2)cn1)CN(C(=O)OC(C)(C)C)C(=O)OC(C)(C)C. The predicted octanol–water partition coefficient (Wildman–Crippen LogP) is 6.05. The van der Waals surface area contributed by atoms with E-state index in [-0.39, 0.29) is 12.5 Å². The summed E-state index contributed by atoms with van der Waals surface area (Å²) in [5, 5.41) is 7.42. The number of aromatic nitrogens is 3. The zero-order valence-electron chi connectivity index (χ0n) is 23.8. The van der Waals surface area contributed by atoms with Crippen molar-refractivity contribution in [1.82, 2.24) is 19.4 Å². The summed E-state index contributed by atoms with van der Waals surface area (Å²) in [6.45, 7) is 14.2. The molecule has 1 saturated carbocycles. The standard InChI is InChI=1S/C26H38N4O4.C2H4O2/c1-8-18(15-30(23(31)33-25(2,3)4)24(32)34-26(5,6)7)13-19-14-20(19)21-16-29(17-28-21)22-11-9-10-12-27-22;1-2(3)4/h9-12,16-20H,8,13-15H2,1-7H3;1H3,(H,3,4)/t18-,19+,20-;/m1./s1. The molecular formula is C28H42N4O6. The number of carboxylic acids is 1. The number of aliphatic carboxylic acids is 1.